The maximum absolute atomic E-state index is 12.8. The molecular weight excluding hydrogens is 330 g/mol. The van der Waals surface area contributed by atoms with Crippen molar-refractivity contribution in [3.05, 3.63) is 22.3 Å². The SMILES string of the molecule is CCCCN(CCCC)C(=O)c1cc(Br)cnc1NCC. The average molecular weight is 356 g/mol. The zero-order valence-corrected chi connectivity index (χ0v) is 14.9. The highest BCUT2D eigenvalue weighted by molar-refractivity contribution is 9.10. The van der Waals surface area contributed by atoms with E-state index in [0.717, 1.165) is 49.8 Å². The first-order valence-electron chi connectivity index (χ1n) is 7.82. The Balaban J connectivity index is 2.97. The summed E-state index contributed by atoms with van der Waals surface area (Å²) in [4.78, 5) is 19.1. The maximum atomic E-state index is 12.8. The molecule has 1 aromatic heterocycles. The van der Waals surface area contributed by atoms with Gasteiger partial charge in [0.25, 0.3) is 5.91 Å². The first-order valence-corrected chi connectivity index (χ1v) is 8.61. The van der Waals surface area contributed by atoms with Crippen molar-refractivity contribution >= 4 is 27.7 Å². The molecule has 0 bridgehead atoms. The molecule has 1 rings (SSSR count). The Morgan fingerprint density at radius 1 is 1.24 bits per heavy atom. The second-order valence-electron chi connectivity index (χ2n) is 5.08. The highest BCUT2D eigenvalue weighted by Gasteiger charge is 2.19. The molecule has 0 aliphatic rings. The summed E-state index contributed by atoms with van der Waals surface area (Å²) in [5.74, 6) is 0.741. The topological polar surface area (TPSA) is 45.2 Å². The Hall–Kier alpha value is -1.10. The summed E-state index contributed by atoms with van der Waals surface area (Å²) in [6.07, 6.45) is 5.97. The van der Waals surface area contributed by atoms with Crippen molar-refractivity contribution in [2.45, 2.75) is 46.5 Å². The van der Waals surface area contributed by atoms with Gasteiger partial charge in [-0.2, -0.15) is 0 Å². The molecule has 0 saturated heterocycles. The summed E-state index contributed by atoms with van der Waals surface area (Å²) >= 11 is 3.41. The van der Waals surface area contributed by atoms with E-state index < -0.39 is 0 Å². The first kappa shape index (κ1) is 18.0. The predicted molar refractivity (Wildman–Crippen MR) is 91.8 cm³/mol. The zero-order chi connectivity index (χ0) is 15.7. The summed E-state index contributed by atoms with van der Waals surface area (Å²) in [7, 11) is 0. The molecule has 0 atom stereocenters. The Labute approximate surface area is 136 Å². The van der Waals surface area contributed by atoms with Gasteiger partial charge in [0.15, 0.2) is 0 Å². The lowest BCUT2D eigenvalue weighted by Crippen LogP contribution is -2.33. The normalized spacial score (nSPS) is 10.5. The number of unbranched alkanes of at least 4 members (excludes halogenated alkanes) is 2. The van der Waals surface area contributed by atoms with E-state index in [-0.39, 0.29) is 5.91 Å². The van der Waals surface area contributed by atoms with Crippen LogP contribution in [0.1, 0.15) is 56.8 Å². The van der Waals surface area contributed by atoms with E-state index in [2.05, 4.69) is 40.1 Å². The fraction of sp³-hybridized carbons (Fsp3) is 0.625. The quantitative estimate of drug-likeness (QED) is 0.717. The second-order valence-corrected chi connectivity index (χ2v) is 6.00. The van der Waals surface area contributed by atoms with Gasteiger partial charge >= 0.3 is 0 Å². The minimum Gasteiger partial charge on any atom is -0.370 e. The molecular formula is C16H26BrN3O. The van der Waals surface area contributed by atoms with Crippen molar-refractivity contribution in [2.75, 3.05) is 25.0 Å². The van der Waals surface area contributed by atoms with Crippen molar-refractivity contribution in [3.8, 4) is 0 Å². The van der Waals surface area contributed by atoms with Gasteiger partial charge in [-0.25, -0.2) is 4.98 Å². The number of anilines is 1. The Morgan fingerprint density at radius 2 is 1.86 bits per heavy atom. The van der Waals surface area contributed by atoms with E-state index in [0.29, 0.717) is 11.4 Å². The number of hydrogen-bond donors (Lipinski definition) is 1. The van der Waals surface area contributed by atoms with Crippen LogP contribution in [0.5, 0.6) is 0 Å². The molecule has 4 nitrogen and oxygen atoms in total. The third-order valence-electron chi connectivity index (χ3n) is 3.28. The minimum absolute atomic E-state index is 0.0710. The van der Waals surface area contributed by atoms with Crippen molar-refractivity contribution in [1.29, 1.82) is 0 Å². The van der Waals surface area contributed by atoms with Crippen molar-refractivity contribution in [3.63, 3.8) is 0 Å². The largest absolute Gasteiger partial charge is 0.370 e. The molecule has 0 aromatic carbocycles. The Kier molecular flexibility index (Phi) is 8.35. The lowest BCUT2D eigenvalue weighted by atomic mass is 10.2. The van der Waals surface area contributed by atoms with E-state index in [9.17, 15) is 4.79 Å². The number of rotatable bonds is 9. The van der Waals surface area contributed by atoms with Gasteiger partial charge in [-0.3, -0.25) is 4.79 Å². The maximum Gasteiger partial charge on any atom is 0.257 e. The molecule has 0 saturated carbocycles. The van der Waals surface area contributed by atoms with Gasteiger partial charge in [0, 0.05) is 30.3 Å². The van der Waals surface area contributed by atoms with Crippen LogP contribution in [0.3, 0.4) is 0 Å². The van der Waals surface area contributed by atoms with Gasteiger partial charge in [0.1, 0.15) is 5.82 Å². The van der Waals surface area contributed by atoms with Crippen LogP contribution < -0.4 is 5.32 Å². The molecule has 0 spiro atoms. The van der Waals surface area contributed by atoms with E-state index in [1.165, 1.54) is 0 Å². The molecule has 0 aliphatic heterocycles. The summed E-state index contributed by atoms with van der Waals surface area (Å²) < 4.78 is 0.832. The van der Waals surface area contributed by atoms with Gasteiger partial charge < -0.3 is 10.2 Å². The molecule has 1 aromatic rings. The number of amides is 1. The number of carbonyl (C=O) groups is 1. The predicted octanol–water partition coefficient (Wildman–Crippen LogP) is 4.32. The molecule has 0 radical (unpaired) electrons. The van der Waals surface area contributed by atoms with E-state index in [4.69, 9.17) is 0 Å². The van der Waals surface area contributed by atoms with Gasteiger partial charge in [-0.15, -0.1) is 0 Å². The summed E-state index contributed by atoms with van der Waals surface area (Å²) in [6, 6.07) is 1.86. The molecule has 5 heteroatoms. The molecule has 1 amide bonds. The van der Waals surface area contributed by atoms with Gasteiger partial charge in [-0.05, 0) is 41.8 Å². The first-order chi connectivity index (χ1) is 10.1. The molecule has 118 valence electrons. The van der Waals surface area contributed by atoms with Crippen LogP contribution >= 0.6 is 15.9 Å². The molecule has 0 aliphatic carbocycles. The lowest BCUT2D eigenvalue weighted by molar-refractivity contribution is 0.0751. The van der Waals surface area contributed by atoms with Gasteiger partial charge in [0.05, 0.1) is 5.56 Å². The average Bonchev–Trinajstić information content (AvgIpc) is 2.49. The van der Waals surface area contributed by atoms with Crippen LogP contribution in [0, 0.1) is 0 Å². The third kappa shape index (κ3) is 5.65. The fourth-order valence-corrected chi connectivity index (χ4v) is 2.43. The van der Waals surface area contributed by atoms with E-state index in [1.54, 1.807) is 6.20 Å². The number of nitrogens with one attached hydrogen (secondary N) is 1. The highest BCUT2D eigenvalue weighted by atomic mass is 79.9. The number of halogens is 1. The molecule has 1 heterocycles. The Morgan fingerprint density at radius 3 is 2.38 bits per heavy atom. The number of aromatic nitrogens is 1. The second kappa shape index (κ2) is 9.77. The summed E-state index contributed by atoms with van der Waals surface area (Å²) in [6.45, 7) is 8.67. The summed E-state index contributed by atoms with van der Waals surface area (Å²) in [5.41, 5.74) is 0.651. The fourth-order valence-electron chi connectivity index (χ4n) is 2.09. The van der Waals surface area contributed by atoms with E-state index >= 15 is 0 Å². The number of hydrogen-bond acceptors (Lipinski definition) is 3. The van der Waals surface area contributed by atoms with Crippen molar-refractivity contribution in [1.82, 2.24) is 9.88 Å². The minimum atomic E-state index is 0.0710. The standard InChI is InChI=1S/C16H26BrN3O/c1-4-7-9-20(10-8-5-2)16(21)14-11-13(17)12-19-15(14)18-6-3/h11-12H,4-10H2,1-3H3,(H,18,19). The van der Waals surface area contributed by atoms with Crippen LogP contribution in [-0.4, -0.2) is 35.4 Å². The third-order valence-corrected chi connectivity index (χ3v) is 3.71. The monoisotopic (exact) mass is 355 g/mol. The lowest BCUT2D eigenvalue weighted by Gasteiger charge is -2.23. The number of carbonyl (C=O) groups excluding carboxylic acids is 1. The smallest absolute Gasteiger partial charge is 0.257 e. The van der Waals surface area contributed by atoms with Gasteiger partial charge in [0.2, 0.25) is 0 Å². The van der Waals surface area contributed by atoms with Crippen LogP contribution in [0.15, 0.2) is 16.7 Å². The summed E-state index contributed by atoms with van der Waals surface area (Å²) in [5, 5.41) is 3.17. The van der Waals surface area contributed by atoms with Crippen LogP contribution in [0.4, 0.5) is 5.82 Å². The Bertz CT molecular complexity index is 443. The van der Waals surface area contributed by atoms with Crippen LogP contribution in [-0.2, 0) is 0 Å². The highest BCUT2D eigenvalue weighted by Crippen LogP contribution is 2.20. The number of nitrogens with zero attached hydrogens (tertiary/aromatic N) is 2. The van der Waals surface area contributed by atoms with Crippen LogP contribution in [0.2, 0.25) is 0 Å². The molecule has 0 fully saturated rings. The van der Waals surface area contributed by atoms with Crippen molar-refractivity contribution in [2.24, 2.45) is 0 Å². The molecule has 0 unspecified atom stereocenters. The van der Waals surface area contributed by atoms with Gasteiger partial charge in [-0.1, -0.05) is 26.7 Å². The number of pyridine rings is 1. The van der Waals surface area contributed by atoms with E-state index in [1.807, 2.05) is 17.9 Å². The zero-order valence-electron chi connectivity index (χ0n) is 13.3. The van der Waals surface area contributed by atoms with Crippen LogP contribution in [0.25, 0.3) is 0 Å². The molecule has 21 heavy (non-hydrogen) atoms. The molecule has 1 N–H and O–H groups in total. The van der Waals surface area contributed by atoms with Crippen molar-refractivity contribution < 1.29 is 4.79 Å².